The Kier molecular flexibility index (Phi) is 4.46. The van der Waals surface area contributed by atoms with Crippen molar-refractivity contribution in [1.82, 2.24) is 9.80 Å². The van der Waals surface area contributed by atoms with Gasteiger partial charge in [0.25, 0.3) is 0 Å². The summed E-state index contributed by atoms with van der Waals surface area (Å²) in [6, 6.07) is -0.135. The third-order valence-corrected chi connectivity index (χ3v) is 3.90. The van der Waals surface area contributed by atoms with Gasteiger partial charge in [-0.1, -0.05) is 0 Å². The molecule has 0 aromatic heterocycles. The first-order valence-corrected chi connectivity index (χ1v) is 7.61. The van der Waals surface area contributed by atoms with Crippen LogP contribution in [0.15, 0.2) is 0 Å². The molecule has 120 valence electrons. The standard InChI is InChI=1S/C15H26N2O4/c1-10-8-16(12-6-7-20-13(12)18)9-11(2)17(10)14(19)21-15(3,4)5/h10-12H,6-9H2,1-5H3/t10-,11-,12+/m1/s1. The highest BCUT2D eigenvalue weighted by Gasteiger charge is 2.41. The van der Waals surface area contributed by atoms with Gasteiger partial charge in [-0.15, -0.1) is 0 Å². The monoisotopic (exact) mass is 298 g/mol. The predicted octanol–water partition coefficient (Wildman–Crippen LogP) is 1.63. The lowest BCUT2D eigenvalue weighted by molar-refractivity contribution is -0.143. The molecule has 0 aliphatic carbocycles. The van der Waals surface area contributed by atoms with E-state index in [4.69, 9.17) is 9.47 Å². The summed E-state index contributed by atoms with van der Waals surface area (Å²) in [5, 5.41) is 0. The number of carbonyl (C=O) groups excluding carboxylic acids is 2. The summed E-state index contributed by atoms with van der Waals surface area (Å²) >= 11 is 0. The maximum atomic E-state index is 12.3. The highest BCUT2D eigenvalue weighted by Crippen LogP contribution is 2.24. The molecular weight excluding hydrogens is 272 g/mol. The van der Waals surface area contributed by atoms with Crippen LogP contribution in [0, 0.1) is 0 Å². The molecule has 0 N–H and O–H groups in total. The smallest absolute Gasteiger partial charge is 0.410 e. The van der Waals surface area contributed by atoms with E-state index in [1.165, 1.54) is 0 Å². The number of amides is 1. The van der Waals surface area contributed by atoms with Crippen LogP contribution >= 0.6 is 0 Å². The maximum Gasteiger partial charge on any atom is 0.410 e. The third-order valence-electron chi connectivity index (χ3n) is 3.90. The SMILES string of the molecule is C[C@@H]1CN([C@H]2CCOC2=O)C[C@@H](C)N1C(=O)OC(C)(C)C. The zero-order chi connectivity index (χ0) is 15.8. The van der Waals surface area contributed by atoms with Crippen LogP contribution in [0.5, 0.6) is 0 Å². The van der Waals surface area contributed by atoms with Crippen LogP contribution in [0.4, 0.5) is 4.79 Å². The third kappa shape index (κ3) is 3.67. The van der Waals surface area contributed by atoms with Crippen molar-refractivity contribution in [3.8, 4) is 0 Å². The highest BCUT2D eigenvalue weighted by atomic mass is 16.6. The molecule has 0 radical (unpaired) electrons. The zero-order valence-corrected chi connectivity index (χ0v) is 13.6. The minimum atomic E-state index is -0.497. The fourth-order valence-electron chi connectivity index (χ4n) is 3.11. The Morgan fingerprint density at radius 1 is 1.24 bits per heavy atom. The largest absolute Gasteiger partial charge is 0.464 e. The molecule has 2 saturated heterocycles. The molecule has 0 aromatic carbocycles. The van der Waals surface area contributed by atoms with Crippen LogP contribution in [0.3, 0.4) is 0 Å². The van der Waals surface area contributed by atoms with Crippen molar-refractivity contribution in [3.05, 3.63) is 0 Å². The van der Waals surface area contributed by atoms with Gasteiger partial charge in [0, 0.05) is 31.6 Å². The van der Waals surface area contributed by atoms with Crippen LogP contribution < -0.4 is 0 Å². The molecule has 0 aromatic rings. The van der Waals surface area contributed by atoms with Gasteiger partial charge in [-0.05, 0) is 34.6 Å². The number of piperazine rings is 1. The van der Waals surface area contributed by atoms with Gasteiger partial charge in [0.05, 0.1) is 6.61 Å². The maximum absolute atomic E-state index is 12.3. The van der Waals surface area contributed by atoms with Gasteiger partial charge >= 0.3 is 12.1 Å². The van der Waals surface area contributed by atoms with Gasteiger partial charge in [-0.25, -0.2) is 4.79 Å². The van der Waals surface area contributed by atoms with Gasteiger partial charge in [-0.3, -0.25) is 9.69 Å². The first kappa shape index (κ1) is 16.1. The molecule has 6 heteroatoms. The summed E-state index contributed by atoms with van der Waals surface area (Å²) in [5.41, 5.74) is -0.497. The first-order valence-electron chi connectivity index (χ1n) is 7.61. The molecule has 0 bridgehead atoms. The Bertz CT molecular complexity index is 406. The van der Waals surface area contributed by atoms with E-state index in [1.54, 1.807) is 4.90 Å². The highest BCUT2D eigenvalue weighted by molar-refractivity contribution is 5.77. The molecule has 21 heavy (non-hydrogen) atoms. The molecule has 2 heterocycles. The van der Waals surface area contributed by atoms with Crippen molar-refractivity contribution in [2.24, 2.45) is 0 Å². The topological polar surface area (TPSA) is 59.1 Å². The molecule has 2 fully saturated rings. The van der Waals surface area contributed by atoms with Gasteiger partial charge in [0.2, 0.25) is 0 Å². The summed E-state index contributed by atoms with van der Waals surface area (Å²) in [6.45, 7) is 11.4. The van der Waals surface area contributed by atoms with E-state index < -0.39 is 5.60 Å². The molecule has 0 saturated carbocycles. The predicted molar refractivity (Wildman–Crippen MR) is 77.9 cm³/mol. The Labute approximate surface area is 126 Å². The lowest BCUT2D eigenvalue weighted by Crippen LogP contribution is -2.61. The molecule has 2 aliphatic rings. The fraction of sp³-hybridized carbons (Fsp3) is 0.867. The van der Waals surface area contributed by atoms with Crippen molar-refractivity contribution in [2.75, 3.05) is 19.7 Å². The van der Waals surface area contributed by atoms with Gasteiger partial charge in [0.15, 0.2) is 0 Å². The molecular formula is C15H26N2O4. The molecule has 0 unspecified atom stereocenters. The summed E-state index contributed by atoms with van der Waals surface area (Å²) in [4.78, 5) is 28.0. The number of cyclic esters (lactones) is 1. The van der Waals surface area contributed by atoms with Gasteiger partial charge < -0.3 is 14.4 Å². The Morgan fingerprint density at radius 3 is 2.24 bits per heavy atom. The van der Waals surface area contributed by atoms with Crippen molar-refractivity contribution in [3.63, 3.8) is 0 Å². The van der Waals surface area contributed by atoms with Crippen LogP contribution in [0.25, 0.3) is 0 Å². The average Bonchev–Trinajstić information content (AvgIpc) is 2.71. The lowest BCUT2D eigenvalue weighted by atomic mass is 10.1. The number of rotatable bonds is 1. The Balaban J connectivity index is 2.02. The Hall–Kier alpha value is -1.30. The normalized spacial score (nSPS) is 31.2. The summed E-state index contributed by atoms with van der Waals surface area (Å²) in [7, 11) is 0. The van der Waals surface area contributed by atoms with E-state index in [-0.39, 0.29) is 30.2 Å². The number of esters is 1. The van der Waals surface area contributed by atoms with Crippen molar-refractivity contribution >= 4 is 12.1 Å². The second-order valence-corrected chi connectivity index (χ2v) is 7.01. The van der Waals surface area contributed by atoms with Crippen LogP contribution in [0.2, 0.25) is 0 Å². The Morgan fingerprint density at radius 2 is 1.81 bits per heavy atom. The molecule has 2 rings (SSSR count). The molecule has 2 aliphatic heterocycles. The van der Waals surface area contributed by atoms with E-state index in [9.17, 15) is 9.59 Å². The van der Waals surface area contributed by atoms with Crippen LogP contribution in [-0.4, -0.2) is 65.3 Å². The number of carbonyl (C=O) groups is 2. The summed E-state index contributed by atoms with van der Waals surface area (Å²) in [5.74, 6) is -0.139. The minimum Gasteiger partial charge on any atom is -0.464 e. The van der Waals surface area contributed by atoms with E-state index in [1.807, 2.05) is 34.6 Å². The minimum absolute atomic E-state index is 0.0111. The van der Waals surface area contributed by atoms with Crippen molar-refractivity contribution in [1.29, 1.82) is 0 Å². The lowest BCUT2D eigenvalue weighted by Gasteiger charge is -2.45. The molecule has 0 spiro atoms. The van der Waals surface area contributed by atoms with Crippen LogP contribution in [-0.2, 0) is 14.3 Å². The quantitative estimate of drug-likeness (QED) is 0.689. The number of hydrogen-bond donors (Lipinski definition) is 0. The van der Waals surface area contributed by atoms with Crippen molar-refractivity contribution in [2.45, 2.75) is 64.8 Å². The first-order chi connectivity index (χ1) is 9.69. The van der Waals surface area contributed by atoms with Crippen molar-refractivity contribution < 1.29 is 19.1 Å². The average molecular weight is 298 g/mol. The molecule has 1 amide bonds. The van der Waals surface area contributed by atoms with E-state index in [0.717, 1.165) is 6.42 Å². The van der Waals surface area contributed by atoms with Gasteiger partial charge in [0.1, 0.15) is 11.6 Å². The fourth-order valence-corrected chi connectivity index (χ4v) is 3.11. The molecule has 3 atom stereocenters. The number of ether oxygens (including phenoxy) is 2. The summed E-state index contributed by atoms with van der Waals surface area (Å²) < 4.78 is 10.5. The second kappa shape index (κ2) is 5.83. The van der Waals surface area contributed by atoms with E-state index in [0.29, 0.717) is 19.7 Å². The second-order valence-electron chi connectivity index (χ2n) is 7.01. The van der Waals surface area contributed by atoms with E-state index in [2.05, 4.69) is 4.90 Å². The zero-order valence-electron chi connectivity index (χ0n) is 13.6. The van der Waals surface area contributed by atoms with Crippen LogP contribution in [0.1, 0.15) is 41.0 Å². The molecule has 6 nitrogen and oxygen atoms in total. The number of nitrogens with zero attached hydrogens (tertiary/aromatic N) is 2. The number of hydrogen-bond acceptors (Lipinski definition) is 5. The van der Waals surface area contributed by atoms with E-state index >= 15 is 0 Å². The summed E-state index contributed by atoms with van der Waals surface area (Å²) in [6.07, 6.45) is 0.459. The van der Waals surface area contributed by atoms with Gasteiger partial charge in [-0.2, -0.15) is 0 Å².